The minimum Gasteiger partial charge on any atom is -0.452 e. The number of ether oxygens (including phenoxy) is 2. The Morgan fingerprint density at radius 3 is 2.50 bits per heavy atom. The molecule has 3 aromatic rings. The number of pyridine rings is 1. The molecule has 0 aromatic carbocycles. The molecule has 26 heavy (non-hydrogen) atoms. The summed E-state index contributed by atoms with van der Waals surface area (Å²) in [6.45, 7) is 3.84. The molecule has 0 saturated heterocycles. The number of methoxy groups -OCH3 is 2. The Hall–Kier alpha value is -3.23. The lowest BCUT2D eigenvalue weighted by molar-refractivity contribution is 0.159. The number of nitrogens with zero attached hydrogens (tertiary/aromatic N) is 5. The normalized spacial score (nSPS) is 10.9. The van der Waals surface area contributed by atoms with Crippen molar-refractivity contribution in [3.05, 3.63) is 29.8 Å². The average molecular weight is 357 g/mol. The predicted octanol–water partition coefficient (Wildman–Crippen LogP) is 2.88. The Morgan fingerprint density at radius 1 is 1.19 bits per heavy atom. The van der Waals surface area contributed by atoms with Crippen molar-refractivity contribution in [3.63, 3.8) is 0 Å². The minimum absolute atomic E-state index is 0.0940. The van der Waals surface area contributed by atoms with Crippen molar-refractivity contribution in [2.75, 3.05) is 19.1 Å². The molecule has 9 nitrogen and oxygen atoms in total. The van der Waals surface area contributed by atoms with Gasteiger partial charge in [-0.15, -0.1) is 0 Å². The SMILES string of the molecule is CCCc1nc(C)c2c(N(C(=O)OC)C(=O)OC)nc3cccnc3n12. The van der Waals surface area contributed by atoms with Crippen LogP contribution in [0.3, 0.4) is 0 Å². The van der Waals surface area contributed by atoms with E-state index < -0.39 is 12.2 Å². The molecule has 0 N–H and O–H groups in total. The third-order valence-electron chi connectivity index (χ3n) is 3.94. The maximum atomic E-state index is 12.3. The van der Waals surface area contributed by atoms with E-state index in [9.17, 15) is 9.59 Å². The summed E-state index contributed by atoms with van der Waals surface area (Å²) in [7, 11) is 2.37. The van der Waals surface area contributed by atoms with Crippen molar-refractivity contribution in [1.29, 1.82) is 0 Å². The number of rotatable bonds is 3. The van der Waals surface area contributed by atoms with Crippen LogP contribution in [0.4, 0.5) is 15.4 Å². The molecule has 136 valence electrons. The number of amides is 2. The van der Waals surface area contributed by atoms with Crippen LogP contribution in [0.2, 0.25) is 0 Å². The predicted molar refractivity (Wildman–Crippen MR) is 94.3 cm³/mol. The minimum atomic E-state index is -0.896. The van der Waals surface area contributed by atoms with Gasteiger partial charge in [-0.1, -0.05) is 6.92 Å². The molecule has 0 spiro atoms. The molecule has 0 aliphatic carbocycles. The van der Waals surface area contributed by atoms with E-state index in [2.05, 4.69) is 15.0 Å². The number of aromatic nitrogens is 4. The maximum Gasteiger partial charge on any atom is 0.425 e. The smallest absolute Gasteiger partial charge is 0.425 e. The van der Waals surface area contributed by atoms with Crippen molar-refractivity contribution >= 4 is 34.7 Å². The third kappa shape index (κ3) is 2.71. The molecule has 0 radical (unpaired) electrons. The molecule has 0 bridgehead atoms. The van der Waals surface area contributed by atoms with Crippen LogP contribution in [0.5, 0.6) is 0 Å². The summed E-state index contributed by atoms with van der Waals surface area (Å²) in [5.41, 5.74) is 2.25. The standard InChI is InChI=1S/C17H19N5O4/c1-5-7-12-19-10(2)13-15(22(16(23)25-3)17(24)26-4)20-11-8-6-9-18-14(11)21(12)13/h6,8-9H,5,7H2,1-4H3. The number of hydrogen-bond acceptors (Lipinski definition) is 7. The summed E-state index contributed by atoms with van der Waals surface area (Å²) < 4.78 is 11.3. The van der Waals surface area contributed by atoms with E-state index in [-0.39, 0.29) is 5.82 Å². The van der Waals surface area contributed by atoms with E-state index in [1.54, 1.807) is 25.3 Å². The third-order valence-corrected chi connectivity index (χ3v) is 3.94. The van der Waals surface area contributed by atoms with Crippen molar-refractivity contribution in [3.8, 4) is 0 Å². The largest absolute Gasteiger partial charge is 0.452 e. The molecule has 0 unspecified atom stereocenters. The van der Waals surface area contributed by atoms with E-state index in [1.807, 2.05) is 11.3 Å². The Balaban J connectivity index is 2.44. The second-order valence-corrected chi connectivity index (χ2v) is 5.60. The van der Waals surface area contributed by atoms with E-state index in [0.717, 1.165) is 17.1 Å². The number of imidazole rings is 1. The Kier molecular flexibility index (Phi) is 4.70. The highest BCUT2D eigenvalue weighted by Gasteiger charge is 2.31. The van der Waals surface area contributed by atoms with Crippen molar-refractivity contribution in [2.45, 2.75) is 26.7 Å². The lowest BCUT2D eigenvalue weighted by atomic mass is 10.3. The summed E-state index contributed by atoms with van der Waals surface area (Å²) in [6, 6.07) is 3.48. The van der Waals surface area contributed by atoms with Crippen LogP contribution in [0.1, 0.15) is 24.9 Å². The molecular weight excluding hydrogens is 338 g/mol. The van der Waals surface area contributed by atoms with Gasteiger partial charge in [0.25, 0.3) is 0 Å². The van der Waals surface area contributed by atoms with Crippen molar-refractivity contribution in [1.82, 2.24) is 19.4 Å². The fourth-order valence-corrected chi connectivity index (χ4v) is 2.87. The van der Waals surface area contributed by atoms with Gasteiger partial charge < -0.3 is 9.47 Å². The van der Waals surface area contributed by atoms with E-state index in [1.165, 1.54) is 14.2 Å². The first kappa shape index (κ1) is 17.6. The highest BCUT2D eigenvalue weighted by atomic mass is 16.6. The molecule has 2 amide bonds. The molecule has 0 atom stereocenters. The summed E-state index contributed by atoms with van der Waals surface area (Å²) in [6.07, 6.45) is 1.45. The zero-order chi connectivity index (χ0) is 18.8. The number of carbonyl (C=O) groups is 2. The molecule has 3 heterocycles. The van der Waals surface area contributed by atoms with Gasteiger partial charge in [-0.2, -0.15) is 4.90 Å². The Morgan fingerprint density at radius 2 is 1.88 bits per heavy atom. The van der Waals surface area contributed by atoms with Crippen molar-refractivity contribution < 1.29 is 19.1 Å². The van der Waals surface area contributed by atoms with Gasteiger partial charge in [0.2, 0.25) is 0 Å². The van der Waals surface area contributed by atoms with Gasteiger partial charge in [-0.05, 0) is 25.5 Å². The van der Waals surface area contributed by atoms with Crippen LogP contribution in [0.15, 0.2) is 18.3 Å². The van der Waals surface area contributed by atoms with Crippen LogP contribution in [-0.4, -0.2) is 45.8 Å². The van der Waals surface area contributed by atoms with Gasteiger partial charge in [-0.25, -0.2) is 24.5 Å². The fraction of sp³-hybridized carbons (Fsp3) is 0.353. The van der Waals surface area contributed by atoms with Crippen LogP contribution < -0.4 is 4.90 Å². The average Bonchev–Trinajstić information content (AvgIpc) is 2.98. The number of aryl methyl sites for hydroxylation is 2. The number of imide groups is 1. The molecule has 3 aromatic heterocycles. The maximum absolute atomic E-state index is 12.3. The summed E-state index contributed by atoms with van der Waals surface area (Å²) in [5, 5.41) is 0. The molecule has 0 aliphatic heterocycles. The topological polar surface area (TPSA) is 98.9 Å². The monoisotopic (exact) mass is 357 g/mol. The summed E-state index contributed by atoms with van der Waals surface area (Å²) in [4.78, 5) is 38.7. The number of anilines is 1. The summed E-state index contributed by atoms with van der Waals surface area (Å²) >= 11 is 0. The second kappa shape index (κ2) is 6.95. The first-order valence-electron chi connectivity index (χ1n) is 8.12. The molecular formula is C17H19N5O4. The molecule has 9 heteroatoms. The fourth-order valence-electron chi connectivity index (χ4n) is 2.87. The summed E-state index contributed by atoms with van der Waals surface area (Å²) in [5.74, 6) is 0.874. The zero-order valence-corrected chi connectivity index (χ0v) is 15.0. The molecule has 0 aliphatic rings. The quantitative estimate of drug-likeness (QED) is 0.710. The lowest BCUT2D eigenvalue weighted by Crippen LogP contribution is -2.38. The number of hydrogen-bond donors (Lipinski definition) is 0. The second-order valence-electron chi connectivity index (χ2n) is 5.60. The highest BCUT2D eigenvalue weighted by Crippen LogP contribution is 2.29. The Labute approximate surface area is 149 Å². The van der Waals surface area contributed by atoms with Gasteiger partial charge in [0.05, 0.1) is 19.9 Å². The van der Waals surface area contributed by atoms with Gasteiger partial charge in [0, 0.05) is 12.6 Å². The van der Waals surface area contributed by atoms with Gasteiger partial charge in [0.1, 0.15) is 16.9 Å². The molecule has 0 saturated carbocycles. The van der Waals surface area contributed by atoms with Gasteiger partial charge in [0.15, 0.2) is 11.5 Å². The van der Waals surface area contributed by atoms with Gasteiger partial charge in [-0.3, -0.25) is 4.40 Å². The molecule has 3 rings (SSSR count). The van der Waals surface area contributed by atoms with Crippen molar-refractivity contribution in [2.24, 2.45) is 0 Å². The zero-order valence-electron chi connectivity index (χ0n) is 15.0. The van der Waals surface area contributed by atoms with Crippen LogP contribution in [0.25, 0.3) is 16.7 Å². The van der Waals surface area contributed by atoms with Crippen LogP contribution in [-0.2, 0) is 15.9 Å². The molecule has 0 fully saturated rings. The number of fused-ring (bicyclic) bond motifs is 3. The number of carbonyl (C=O) groups excluding carboxylic acids is 2. The Bertz CT molecular complexity index is 982. The first-order valence-corrected chi connectivity index (χ1v) is 8.12. The van der Waals surface area contributed by atoms with Gasteiger partial charge >= 0.3 is 12.2 Å². The van der Waals surface area contributed by atoms with Crippen LogP contribution in [0, 0.1) is 6.92 Å². The van der Waals surface area contributed by atoms with E-state index in [0.29, 0.717) is 28.8 Å². The van der Waals surface area contributed by atoms with Crippen LogP contribution >= 0.6 is 0 Å². The lowest BCUT2D eigenvalue weighted by Gasteiger charge is -2.19. The van der Waals surface area contributed by atoms with E-state index in [4.69, 9.17) is 9.47 Å². The first-order chi connectivity index (χ1) is 12.5. The highest BCUT2D eigenvalue weighted by molar-refractivity contribution is 6.12. The van der Waals surface area contributed by atoms with E-state index >= 15 is 0 Å².